The van der Waals surface area contributed by atoms with Crippen LogP contribution in [0.5, 0.6) is 5.75 Å². The Morgan fingerprint density at radius 2 is 2.24 bits per heavy atom. The van der Waals surface area contributed by atoms with E-state index in [-0.39, 0.29) is 23.6 Å². The quantitative estimate of drug-likeness (QED) is 0.842. The van der Waals surface area contributed by atoms with Crippen molar-refractivity contribution in [3.05, 3.63) is 42.5 Å². The molecule has 0 spiro atoms. The van der Waals surface area contributed by atoms with Crippen LogP contribution in [0.2, 0.25) is 0 Å². The number of imidazole rings is 1. The van der Waals surface area contributed by atoms with E-state index in [0.717, 1.165) is 0 Å². The summed E-state index contributed by atoms with van der Waals surface area (Å²) in [5, 5.41) is 11.8. The number of benzene rings is 1. The van der Waals surface area contributed by atoms with E-state index in [2.05, 4.69) is 10.3 Å². The number of ether oxygens (including phenoxy) is 1. The van der Waals surface area contributed by atoms with E-state index in [0.29, 0.717) is 12.3 Å². The van der Waals surface area contributed by atoms with Gasteiger partial charge in [0.25, 0.3) is 0 Å². The lowest BCUT2D eigenvalue weighted by atomic mass is 10.1. The standard InChI is InChI=1S/C14H15N3O4/c1-21-10-2-3-12(11(8-10)14(19)20)16-13(18)4-6-17-7-5-15-9-17/h2-3,5,7-9H,4,6H2,1H3,(H,16,18)(H,19,20). The second-order valence-electron chi connectivity index (χ2n) is 4.32. The molecule has 2 rings (SSSR count). The predicted molar refractivity (Wildman–Crippen MR) is 75.4 cm³/mol. The lowest BCUT2D eigenvalue weighted by Crippen LogP contribution is -2.16. The van der Waals surface area contributed by atoms with Crippen LogP contribution in [-0.4, -0.2) is 33.6 Å². The summed E-state index contributed by atoms with van der Waals surface area (Å²) in [7, 11) is 1.45. The summed E-state index contributed by atoms with van der Waals surface area (Å²) in [6, 6.07) is 4.48. The number of carboxylic acid groups (broad SMARTS) is 1. The number of aromatic nitrogens is 2. The van der Waals surface area contributed by atoms with Gasteiger partial charge in [-0.2, -0.15) is 0 Å². The van der Waals surface area contributed by atoms with E-state index in [9.17, 15) is 9.59 Å². The Kier molecular flexibility index (Phi) is 4.55. The first kappa shape index (κ1) is 14.6. The minimum absolute atomic E-state index is 0.00895. The van der Waals surface area contributed by atoms with Crippen LogP contribution in [0.25, 0.3) is 0 Å². The number of carboxylic acids is 1. The third-order valence-electron chi connectivity index (χ3n) is 2.89. The first-order chi connectivity index (χ1) is 10.1. The molecule has 0 saturated heterocycles. The maximum atomic E-state index is 11.9. The molecule has 0 unspecified atom stereocenters. The molecule has 2 N–H and O–H groups in total. The molecule has 0 fully saturated rings. The first-order valence-electron chi connectivity index (χ1n) is 6.27. The molecule has 1 aromatic carbocycles. The number of carbonyl (C=O) groups excluding carboxylic acids is 1. The van der Waals surface area contributed by atoms with Crippen LogP contribution < -0.4 is 10.1 Å². The van der Waals surface area contributed by atoms with Gasteiger partial charge in [-0.25, -0.2) is 9.78 Å². The monoisotopic (exact) mass is 289 g/mol. The fraction of sp³-hybridized carbons (Fsp3) is 0.214. The molecule has 110 valence electrons. The predicted octanol–water partition coefficient (Wildman–Crippen LogP) is 1.62. The Hall–Kier alpha value is -2.83. The number of hydrogen-bond acceptors (Lipinski definition) is 4. The van der Waals surface area contributed by atoms with Gasteiger partial charge in [0.1, 0.15) is 5.75 Å². The van der Waals surface area contributed by atoms with Gasteiger partial charge in [0.2, 0.25) is 5.91 Å². The number of hydrogen-bond donors (Lipinski definition) is 2. The Morgan fingerprint density at radius 3 is 2.86 bits per heavy atom. The van der Waals surface area contributed by atoms with Gasteiger partial charge in [0.05, 0.1) is 24.7 Å². The molecule has 21 heavy (non-hydrogen) atoms. The number of nitrogens with one attached hydrogen (secondary N) is 1. The molecule has 7 heteroatoms. The van der Waals surface area contributed by atoms with E-state index in [1.807, 2.05) is 0 Å². The van der Waals surface area contributed by atoms with Crippen LogP contribution in [0.4, 0.5) is 5.69 Å². The van der Waals surface area contributed by atoms with Crippen molar-refractivity contribution in [3.8, 4) is 5.75 Å². The maximum absolute atomic E-state index is 11.9. The Bertz CT molecular complexity index is 638. The minimum Gasteiger partial charge on any atom is -0.497 e. The Morgan fingerprint density at radius 1 is 1.43 bits per heavy atom. The second kappa shape index (κ2) is 6.56. The van der Waals surface area contributed by atoms with Crippen LogP contribution in [0.3, 0.4) is 0 Å². The van der Waals surface area contributed by atoms with Crippen molar-refractivity contribution in [3.63, 3.8) is 0 Å². The van der Waals surface area contributed by atoms with E-state index in [4.69, 9.17) is 9.84 Å². The van der Waals surface area contributed by atoms with Gasteiger partial charge in [-0.1, -0.05) is 0 Å². The summed E-state index contributed by atoms with van der Waals surface area (Å²) < 4.78 is 6.74. The highest BCUT2D eigenvalue weighted by Gasteiger charge is 2.13. The number of anilines is 1. The zero-order valence-electron chi connectivity index (χ0n) is 11.4. The summed E-state index contributed by atoms with van der Waals surface area (Å²) in [6.45, 7) is 0.477. The number of rotatable bonds is 6. The van der Waals surface area contributed by atoms with Crippen molar-refractivity contribution in [1.29, 1.82) is 0 Å². The van der Waals surface area contributed by atoms with E-state index >= 15 is 0 Å². The van der Waals surface area contributed by atoms with Crippen molar-refractivity contribution in [2.45, 2.75) is 13.0 Å². The van der Waals surface area contributed by atoms with Crippen LogP contribution in [0.15, 0.2) is 36.9 Å². The number of methoxy groups -OCH3 is 1. The van der Waals surface area contributed by atoms with Crippen molar-refractivity contribution in [1.82, 2.24) is 9.55 Å². The summed E-state index contributed by atoms with van der Waals surface area (Å²) in [5.41, 5.74) is 0.240. The number of aryl methyl sites for hydroxylation is 1. The molecule has 1 amide bonds. The molecular weight excluding hydrogens is 274 g/mol. The van der Waals surface area contributed by atoms with E-state index in [1.165, 1.54) is 19.2 Å². The molecule has 0 aliphatic heterocycles. The topological polar surface area (TPSA) is 93.5 Å². The molecule has 0 saturated carbocycles. The third kappa shape index (κ3) is 3.82. The average molecular weight is 289 g/mol. The number of aromatic carboxylic acids is 1. The zero-order valence-corrected chi connectivity index (χ0v) is 11.4. The molecule has 2 aromatic rings. The highest BCUT2D eigenvalue weighted by molar-refractivity contribution is 6.00. The third-order valence-corrected chi connectivity index (χ3v) is 2.89. The number of carbonyl (C=O) groups is 2. The minimum atomic E-state index is -1.13. The van der Waals surface area contributed by atoms with E-state index < -0.39 is 5.97 Å². The summed E-state index contributed by atoms with van der Waals surface area (Å²) in [5.74, 6) is -0.973. The number of nitrogens with zero attached hydrogens (tertiary/aromatic N) is 2. The maximum Gasteiger partial charge on any atom is 0.337 e. The molecule has 0 bridgehead atoms. The molecule has 1 aromatic heterocycles. The molecule has 0 aliphatic rings. The van der Waals surface area contributed by atoms with Gasteiger partial charge >= 0.3 is 5.97 Å². The molecule has 7 nitrogen and oxygen atoms in total. The average Bonchev–Trinajstić information content (AvgIpc) is 2.98. The lowest BCUT2D eigenvalue weighted by molar-refractivity contribution is -0.116. The van der Waals surface area contributed by atoms with E-state index in [1.54, 1.807) is 29.4 Å². The summed E-state index contributed by atoms with van der Waals surface area (Å²) >= 11 is 0. The first-order valence-corrected chi connectivity index (χ1v) is 6.27. The highest BCUT2D eigenvalue weighted by Crippen LogP contribution is 2.22. The fourth-order valence-corrected chi connectivity index (χ4v) is 1.80. The van der Waals surface area contributed by atoms with Crippen LogP contribution in [0, 0.1) is 0 Å². The SMILES string of the molecule is COc1ccc(NC(=O)CCn2ccnc2)c(C(=O)O)c1. The van der Waals surface area contributed by atoms with Crippen molar-refractivity contribution < 1.29 is 19.4 Å². The van der Waals surface area contributed by atoms with Crippen LogP contribution in [0.1, 0.15) is 16.8 Å². The largest absolute Gasteiger partial charge is 0.497 e. The van der Waals surface area contributed by atoms with Gasteiger partial charge in [-0.15, -0.1) is 0 Å². The highest BCUT2D eigenvalue weighted by atomic mass is 16.5. The van der Waals surface area contributed by atoms with Crippen LogP contribution in [-0.2, 0) is 11.3 Å². The van der Waals surface area contributed by atoms with Gasteiger partial charge in [0.15, 0.2) is 0 Å². The van der Waals surface area contributed by atoms with Gasteiger partial charge in [-0.3, -0.25) is 4.79 Å². The number of amides is 1. The lowest BCUT2D eigenvalue weighted by Gasteiger charge is -2.10. The van der Waals surface area contributed by atoms with Gasteiger partial charge in [0, 0.05) is 25.4 Å². The van der Waals surface area contributed by atoms with Crippen molar-refractivity contribution >= 4 is 17.6 Å². The normalized spacial score (nSPS) is 10.1. The molecule has 0 aliphatic carbocycles. The van der Waals surface area contributed by atoms with Crippen LogP contribution >= 0.6 is 0 Å². The molecular formula is C14H15N3O4. The Labute approximate surface area is 121 Å². The summed E-state index contributed by atoms with van der Waals surface area (Å²) in [6.07, 6.45) is 5.22. The van der Waals surface area contributed by atoms with Gasteiger partial charge in [-0.05, 0) is 18.2 Å². The molecule has 0 atom stereocenters. The molecule has 1 heterocycles. The zero-order chi connectivity index (χ0) is 15.2. The smallest absolute Gasteiger partial charge is 0.337 e. The second-order valence-corrected chi connectivity index (χ2v) is 4.32. The van der Waals surface area contributed by atoms with Gasteiger partial charge < -0.3 is 19.7 Å². The summed E-state index contributed by atoms with van der Waals surface area (Å²) in [4.78, 5) is 26.9. The fourth-order valence-electron chi connectivity index (χ4n) is 1.80. The molecule has 0 radical (unpaired) electrons. The van der Waals surface area contributed by atoms with Crippen molar-refractivity contribution in [2.24, 2.45) is 0 Å². The Balaban J connectivity index is 2.04. The van der Waals surface area contributed by atoms with Crippen molar-refractivity contribution in [2.75, 3.05) is 12.4 Å².